The highest BCUT2D eigenvalue weighted by molar-refractivity contribution is 5.83. The summed E-state index contributed by atoms with van der Waals surface area (Å²) in [6.07, 6.45) is 7.17. The van der Waals surface area contributed by atoms with Crippen molar-refractivity contribution in [3.8, 4) is 12.3 Å². The van der Waals surface area contributed by atoms with E-state index in [4.69, 9.17) is 17.3 Å². The SMILES string of the molecule is C#CCN(CC1CC1)C(=O)N[C@H](CCC(N)=O)C(=O)O. The second-order valence-electron chi connectivity index (χ2n) is 4.87. The van der Waals surface area contributed by atoms with Gasteiger partial charge in [0, 0.05) is 13.0 Å². The highest BCUT2D eigenvalue weighted by atomic mass is 16.4. The van der Waals surface area contributed by atoms with Gasteiger partial charge in [0.15, 0.2) is 0 Å². The molecule has 1 rings (SSSR count). The van der Waals surface area contributed by atoms with Gasteiger partial charge >= 0.3 is 12.0 Å². The van der Waals surface area contributed by atoms with Gasteiger partial charge in [-0.1, -0.05) is 5.92 Å². The van der Waals surface area contributed by atoms with Crippen molar-refractivity contribution in [2.75, 3.05) is 13.1 Å². The van der Waals surface area contributed by atoms with Crippen molar-refractivity contribution >= 4 is 17.9 Å². The zero-order chi connectivity index (χ0) is 15.1. The molecule has 1 saturated carbocycles. The second-order valence-corrected chi connectivity index (χ2v) is 4.87. The number of rotatable bonds is 8. The lowest BCUT2D eigenvalue weighted by molar-refractivity contribution is -0.139. The summed E-state index contributed by atoms with van der Waals surface area (Å²) in [7, 11) is 0. The van der Waals surface area contributed by atoms with Crippen LogP contribution in [0.5, 0.6) is 0 Å². The molecule has 7 nitrogen and oxygen atoms in total. The zero-order valence-corrected chi connectivity index (χ0v) is 11.2. The summed E-state index contributed by atoms with van der Waals surface area (Å²) in [5.41, 5.74) is 4.97. The summed E-state index contributed by atoms with van der Waals surface area (Å²) in [5.74, 6) is 1.02. The molecule has 0 heterocycles. The number of nitrogens with two attached hydrogens (primary N) is 1. The minimum atomic E-state index is -1.20. The van der Waals surface area contributed by atoms with Gasteiger partial charge in [-0.15, -0.1) is 6.42 Å². The number of carbonyl (C=O) groups is 3. The molecule has 0 spiro atoms. The Bertz CT molecular complexity index is 426. The van der Waals surface area contributed by atoms with Crippen molar-refractivity contribution in [3.63, 3.8) is 0 Å². The number of amides is 3. The lowest BCUT2D eigenvalue weighted by Crippen LogP contribution is -2.49. The predicted molar refractivity (Wildman–Crippen MR) is 71.5 cm³/mol. The van der Waals surface area contributed by atoms with Crippen LogP contribution in [0.25, 0.3) is 0 Å². The van der Waals surface area contributed by atoms with Crippen LogP contribution in [0.1, 0.15) is 25.7 Å². The molecule has 0 aromatic carbocycles. The summed E-state index contributed by atoms with van der Waals surface area (Å²) in [4.78, 5) is 35.1. The maximum Gasteiger partial charge on any atom is 0.326 e. The number of terminal acetylenes is 1. The van der Waals surface area contributed by atoms with Crippen LogP contribution in [0.2, 0.25) is 0 Å². The molecule has 4 N–H and O–H groups in total. The number of urea groups is 1. The van der Waals surface area contributed by atoms with Gasteiger partial charge in [-0.05, 0) is 25.2 Å². The van der Waals surface area contributed by atoms with Crippen LogP contribution in [0, 0.1) is 18.3 Å². The van der Waals surface area contributed by atoms with Gasteiger partial charge in [0.2, 0.25) is 5.91 Å². The first-order valence-electron chi connectivity index (χ1n) is 6.44. The molecule has 0 bridgehead atoms. The minimum absolute atomic E-state index is 0.0380. The fraction of sp³-hybridized carbons (Fsp3) is 0.615. The van der Waals surface area contributed by atoms with Crippen molar-refractivity contribution in [2.45, 2.75) is 31.7 Å². The molecule has 20 heavy (non-hydrogen) atoms. The lowest BCUT2D eigenvalue weighted by Gasteiger charge is -2.23. The molecule has 7 heteroatoms. The Balaban J connectivity index is 2.54. The molecule has 0 radical (unpaired) electrons. The van der Waals surface area contributed by atoms with Gasteiger partial charge in [0.05, 0.1) is 6.54 Å². The molecule has 0 aliphatic heterocycles. The molecular formula is C13H19N3O4. The molecule has 1 fully saturated rings. The zero-order valence-electron chi connectivity index (χ0n) is 11.2. The monoisotopic (exact) mass is 281 g/mol. The standard InChI is InChI=1S/C13H19N3O4/c1-2-7-16(8-9-3-4-9)13(20)15-10(12(18)19)5-6-11(14)17/h1,9-10H,3-8H2,(H2,14,17)(H,15,20)(H,18,19)/t10-/m1/s1. The molecule has 0 unspecified atom stereocenters. The number of carboxylic acids is 1. The molecule has 1 aliphatic carbocycles. The first-order valence-corrected chi connectivity index (χ1v) is 6.44. The summed E-state index contributed by atoms with van der Waals surface area (Å²) < 4.78 is 0. The molecule has 0 aromatic heterocycles. The second kappa shape index (κ2) is 7.38. The van der Waals surface area contributed by atoms with Crippen molar-refractivity contribution in [3.05, 3.63) is 0 Å². The number of hydrogen-bond acceptors (Lipinski definition) is 3. The number of nitrogens with one attached hydrogen (secondary N) is 1. The van der Waals surface area contributed by atoms with E-state index in [0.29, 0.717) is 12.5 Å². The van der Waals surface area contributed by atoms with E-state index < -0.39 is 23.9 Å². The number of nitrogens with zero attached hydrogens (tertiary/aromatic N) is 1. The molecule has 1 atom stereocenters. The van der Waals surface area contributed by atoms with Gasteiger partial charge in [-0.25, -0.2) is 9.59 Å². The highest BCUT2D eigenvalue weighted by Gasteiger charge is 2.28. The summed E-state index contributed by atoms with van der Waals surface area (Å²) in [5, 5.41) is 11.4. The Hall–Kier alpha value is -2.23. The number of carbonyl (C=O) groups excluding carboxylic acids is 2. The van der Waals surface area contributed by atoms with E-state index in [2.05, 4.69) is 11.2 Å². The average Bonchev–Trinajstić information content (AvgIpc) is 3.17. The van der Waals surface area contributed by atoms with Crippen LogP contribution in [0.3, 0.4) is 0 Å². The van der Waals surface area contributed by atoms with Crippen molar-refractivity contribution in [2.24, 2.45) is 11.7 Å². The van der Waals surface area contributed by atoms with Crippen LogP contribution < -0.4 is 11.1 Å². The predicted octanol–water partition coefficient (Wildman–Crippen LogP) is -0.240. The third-order valence-electron chi connectivity index (χ3n) is 3.02. The molecular weight excluding hydrogens is 262 g/mol. The van der Waals surface area contributed by atoms with Gasteiger partial charge in [0.25, 0.3) is 0 Å². The normalized spacial score (nSPS) is 14.9. The first-order chi connectivity index (χ1) is 9.43. The van der Waals surface area contributed by atoms with E-state index in [0.717, 1.165) is 12.8 Å². The Labute approximate surface area is 117 Å². The molecule has 0 aromatic rings. The van der Waals surface area contributed by atoms with Crippen LogP contribution in [0.4, 0.5) is 4.79 Å². The fourth-order valence-electron chi connectivity index (χ4n) is 1.73. The smallest absolute Gasteiger partial charge is 0.326 e. The Kier molecular flexibility index (Phi) is 5.84. The number of primary amides is 1. The van der Waals surface area contributed by atoms with E-state index in [1.165, 1.54) is 4.90 Å². The number of aliphatic carboxylic acids is 1. The third-order valence-corrected chi connectivity index (χ3v) is 3.02. The van der Waals surface area contributed by atoms with Crippen molar-refractivity contribution in [1.82, 2.24) is 10.2 Å². The maximum absolute atomic E-state index is 12.0. The van der Waals surface area contributed by atoms with E-state index in [1.807, 2.05) is 0 Å². The van der Waals surface area contributed by atoms with Crippen molar-refractivity contribution in [1.29, 1.82) is 0 Å². The van der Waals surface area contributed by atoms with E-state index in [9.17, 15) is 14.4 Å². The van der Waals surface area contributed by atoms with E-state index in [-0.39, 0.29) is 19.4 Å². The first kappa shape index (κ1) is 15.8. The molecule has 110 valence electrons. The topological polar surface area (TPSA) is 113 Å². The highest BCUT2D eigenvalue weighted by Crippen LogP contribution is 2.29. The Morgan fingerprint density at radius 3 is 2.55 bits per heavy atom. The van der Waals surface area contributed by atoms with Gasteiger partial charge in [-0.2, -0.15) is 0 Å². The van der Waals surface area contributed by atoms with E-state index >= 15 is 0 Å². The molecule has 3 amide bonds. The van der Waals surface area contributed by atoms with Gasteiger partial charge < -0.3 is 21.1 Å². The quantitative estimate of drug-likeness (QED) is 0.533. The largest absolute Gasteiger partial charge is 0.480 e. The maximum atomic E-state index is 12.0. The number of carboxylic acid groups (broad SMARTS) is 1. The summed E-state index contributed by atoms with van der Waals surface area (Å²) in [6, 6.07) is -1.67. The van der Waals surface area contributed by atoms with Crippen molar-refractivity contribution < 1.29 is 19.5 Å². The molecule has 1 aliphatic rings. The average molecular weight is 281 g/mol. The molecule has 0 saturated heterocycles. The fourth-order valence-corrected chi connectivity index (χ4v) is 1.73. The van der Waals surface area contributed by atoms with Crippen LogP contribution in [0.15, 0.2) is 0 Å². The van der Waals surface area contributed by atoms with Gasteiger partial charge in [-0.3, -0.25) is 4.79 Å². The number of hydrogen-bond donors (Lipinski definition) is 3. The van der Waals surface area contributed by atoms with Crippen LogP contribution >= 0.6 is 0 Å². The summed E-state index contributed by atoms with van der Waals surface area (Å²) in [6.45, 7) is 0.655. The van der Waals surface area contributed by atoms with E-state index in [1.54, 1.807) is 0 Å². The Morgan fingerprint density at radius 1 is 1.45 bits per heavy atom. The van der Waals surface area contributed by atoms with Crippen LogP contribution in [-0.4, -0.2) is 47.0 Å². The minimum Gasteiger partial charge on any atom is -0.480 e. The summed E-state index contributed by atoms with van der Waals surface area (Å²) >= 11 is 0. The third kappa shape index (κ3) is 5.61. The Morgan fingerprint density at radius 2 is 2.10 bits per heavy atom. The van der Waals surface area contributed by atoms with Crippen LogP contribution in [-0.2, 0) is 9.59 Å². The van der Waals surface area contributed by atoms with Gasteiger partial charge in [0.1, 0.15) is 6.04 Å². The lowest BCUT2D eigenvalue weighted by atomic mass is 10.1.